The zero-order chi connectivity index (χ0) is 16.3. The van der Waals surface area contributed by atoms with Crippen molar-refractivity contribution in [2.75, 3.05) is 46.1 Å². The zero-order valence-corrected chi connectivity index (χ0v) is 14.1. The Bertz CT molecular complexity index is 374. The lowest BCUT2D eigenvalue weighted by Gasteiger charge is -2.25. The van der Waals surface area contributed by atoms with Crippen LogP contribution in [-0.2, 0) is 14.3 Å². The summed E-state index contributed by atoms with van der Waals surface area (Å²) in [6.07, 6.45) is 3.45. The minimum Gasteiger partial charge on any atom is -0.381 e. The smallest absolute Gasteiger partial charge is 0.220 e. The van der Waals surface area contributed by atoms with Crippen molar-refractivity contribution in [3.63, 3.8) is 0 Å². The zero-order valence-electron chi connectivity index (χ0n) is 14.1. The van der Waals surface area contributed by atoms with Gasteiger partial charge in [0.1, 0.15) is 0 Å². The summed E-state index contributed by atoms with van der Waals surface area (Å²) in [5.74, 6) is 1.52. The van der Waals surface area contributed by atoms with Crippen LogP contribution in [-0.4, -0.2) is 64.0 Å². The Morgan fingerprint density at radius 2 is 2.39 bits per heavy atom. The van der Waals surface area contributed by atoms with Crippen molar-refractivity contribution in [2.45, 2.75) is 38.6 Å². The van der Waals surface area contributed by atoms with Gasteiger partial charge in [-0.2, -0.15) is 0 Å². The standard InChI is InChI=1S/C16H30N4O3/c1-2-17-16(20-14-4-5-15(21)19-10-14)18-7-3-8-22-11-13-6-9-23-12-13/h13-14H,2-12H2,1H3,(H,19,21)(H2,17,18,20). The van der Waals surface area contributed by atoms with Gasteiger partial charge in [0.05, 0.1) is 13.2 Å². The number of ether oxygens (including phenoxy) is 2. The van der Waals surface area contributed by atoms with Gasteiger partial charge in [-0.1, -0.05) is 0 Å². The first-order valence-electron chi connectivity index (χ1n) is 8.75. The number of hydrogen-bond acceptors (Lipinski definition) is 4. The SMILES string of the molecule is CCNC(=NCCCOCC1CCOC1)NC1CCC(=O)NC1. The minimum absolute atomic E-state index is 0.134. The maximum Gasteiger partial charge on any atom is 0.220 e. The summed E-state index contributed by atoms with van der Waals surface area (Å²) < 4.78 is 11.0. The molecule has 0 aromatic heterocycles. The van der Waals surface area contributed by atoms with E-state index >= 15 is 0 Å². The van der Waals surface area contributed by atoms with E-state index < -0.39 is 0 Å². The number of rotatable bonds is 8. The van der Waals surface area contributed by atoms with Gasteiger partial charge in [-0.3, -0.25) is 9.79 Å². The highest BCUT2D eigenvalue weighted by Crippen LogP contribution is 2.12. The fourth-order valence-electron chi connectivity index (χ4n) is 2.69. The molecule has 2 heterocycles. The van der Waals surface area contributed by atoms with E-state index in [1.54, 1.807) is 0 Å². The molecule has 23 heavy (non-hydrogen) atoms. The molecule has 3 N–H and O–H groups in total. The van der Waals surface area contributed by atoms with Crippen molar-refractivity contribution < 1.29 is 14.3 Å². The molecule has 2 unspecified atom stereocenters. The second-order valence-electron chi connectivity index (χ2n) is 6.10. The van der Waals surface area contributed by atoms with Gasteiger partial charge in [-0.25, -0.2) is 0 Å². The molecule has 0 radical (unpaired) electrons. The van der Waals surface area contributed by atoms with E-state index in [-0.39, 0.29) is 11.9 Å². The van der Waals surface area contributed by atoms with Crippen LogP contribution in [0.25, 0.3) is 0 Å². The number of nitrogens with one attached hydrogen (secondary N) is 3. The Morgan fingerprint density at radius 1 is 1.48 bits per heavy atom. The highest BCUT2D eigenvalue weighted by Gasteiger charge is 2.18. The summed E-state index contributed by atoms with van der Waals surface area (Å²) in [5, 5.41) is 9.50. The van der Waals surface area contributed by atoms with Gasteiger partial charge in [-0.15, -0.1) is 0 Å². The number of piperidine rings is 1. The predicted molar refractivity (Wildman–Crippen MR) is 89.5 cm³/mol. The molecule has 0 aliphatic carbocycles. The molecule has 1 amide bonds. The minimum atomic E-state index is 0.134. The van der Waals surface area contributed by atoms with Gasteiger partial charge in [0.15, 0.2) is 5.96 Å². The normalized spacial score (nSPS) is 25.3. The number of aliphatic imine (C=N–C) groups is 1. The molecule has 2 aliphatic rings. The number of guanidine groups is 1. The van der Waals surface area contributed by atoms with Crippen molar-refractivity contribution in [1.29, 1.82) is 0 Å². The van der Waals surface area contributed by atoms with Crippen LogP contribution < -0.4 is 16.0 Å². The second-order valence-corrected chi connectivity index (χ2v) is 6.10. The Morgan fingerprint density at radius 3 is 3.09 bits per heavy atom. The molecule has 7 heteroatoms. The second kappa shape index (κ2) is 10.4. The third-order valence-corrected chi connectivity index (χ3v) is 4.04. The van der Waals surface area contributed by atoms with Gasteiger partial charge in [0.2, 0.25) is 5.91 Å². The van der Waals surface area contributed by atoms with Crippen LogP contribution in [0.1, 0.15) is 32.6 Å². The van der Waals surface area contributed by atoms with Gasteiger partial charge >= 0.3 is 0 Å². The number of carbonyl (C=O) groups is 1. The number of hydrogen-bond donors (Lipinski definition) is 3. The molecule has 0 spiro atoms. The summed E-state index contributed by atoms with van der Waals surface area (Å²) in [5.41, 5.74) is 0. The average Bonchev–Trinajstić information content (AvgIpc) is 3.06. The van der Waals surface area contributed by atoms with Crippen LogP contribution in [0.2, 0.25) is 0 Å². The van der Waals surface area contributed by atoms with Gasteiger partial charge in [0, 0.05) is 51.2 Å². The molecule has 0 aromatic carbocycles. The van der Waals surface area contributed by atoms with Crippen LogP contribution in [0.5, 0.6) is 0 Å². The van der Waals surface area contributed by atoms with Crippen molar-refractivity contribution in [1.82, 2.24) is 16.0 Å². The molecule has 7 nitrogen and oxygen atoms in total. The molecule has 0 saturated carbocycles. The molecule has 0 aromatic rings. The maximum absolute atomic E-state index is 11.2. The van der Waals surface area contributed by atoms with Crippen molar-refractivity contribution in [3.05, 3.63) is 0 Å². The van der Waals surface area contributed by atoms with Crippen LogP contribution >= 0.6 is 0 Å². The fourth-order valence-corrected chi connectivity index (χ4v) is 2.69. The molecule has 2 saturated heterocycles. The van der Waals surface area contributed by atoms with Crippen LogP contribution in [0.3, 0.4) is 0 Å². The molecular weight excluding hydrogens is 296 g/mol. The van der Waals surface area contributed by atoms with Crippen molar-refractivity contribution in [2.24, 2.45) is 10.9 Å². The largest absolute Gasteiger partial charge is 0.381 e. The van der Waals surface area contributed by atoms with E-state index in [2.05, 4.69) is 20.9 Å². The van der Waals surface area contributed by atoms with Crippen molar-refractivity contribution in [3.8, 4) is 0 Å². The first kappa shape index (κ1) is 18.0. The molecule has 2 rings (SSSR count). The van der Waals surface area contributed by atoms with E-state index in [1.165, 1.54) is 0 Å². The summed E-state index contributed by atoms with van der Waals surface area (Å²) in [6, 6.07) is 0.254. The van der Waals surface area contributed by atoms with Gasteiger partial charge in [0.25, 0.3) is 0 Å². The topological polar surface area (TPSA) is 84.0 Å². The summed E-state index contributed by atoms with van der Waals surface area (Å²) >= 11 is 0. The number of carbonyl (C=O) groups excluding carboxylic acids is 1. The number of nitrogens with zero attached hydrogens (tertiary/aromatic N) is 1. The molecule has 2 aliphatic heterocycles. The third-order valence-electron chi connectivity index (χ3n) is 4.04. The summed E-state index contributed by atoms with van der Waals surface area (Å²) in [4.78, 5) is 15.8. The highest BCUT2D eigenvalue weighted by atomic mass is 16.5. The Labute approximate surface area is 138 Å². The maximum atomic E-state index is 11.2. The van der Waals surface area contributed by atoms with Crippen LogP contribution in [0.4, 0.5) is 0 Å². The van der Waals surface area contributed by atoms with Gasteiger partial charge in [-0.05, 0) is 26.2 Å². The Kier molecular flexibility index (Phi) is 8.17. The fraction of sp³-hybridized carbons (Fsp3) is 0.875. The lowest BCUT2D eigenvalue weighted by Crippen LogP contribution is -2.51. The molecular formula is C16H30N4O3. The molecule has 0 bridgehead atoms. The Hall–Kier alpha value is -1.34. The van der Waals surface area contributed by atoms with E-state index in [4.69, 9.17) is 9.47 Å². The lowest BCUT2D eigenvalue weighted by molar-refractivity contribution is -0.122. The molecule has 2 fully saturated rings. The summed E-state index contributed by atoms with van der Waals surface area (Å²) in [7, 11) is 0. The monoisotopic (exact) mass is 326 g/mol. The van der Waals surface area contributed by atoms with Crippen LogP contribution in [0.15, 0.2) is 4.99 Å². The Balaban J connectivity index is 1.59. The quantitative estimate of drug-likeness (QED) is 0.339. The van der Waals surface area contributed by atoms with E-state index in [1.807, 2.05) is 6.92 Å². The average molecular weight is 326 g/mol. The first-order chi connectivity index (χ1) is 11.3. The van der Waals surface area contributed by atoms with E-state index in [0.717, 1.165) is 64.7 Å². The lowest BCUT2D eigenvalue weighted by atomic mass is 10.1. The summed E-state index contributed by atoms with van der Waals surface area (Å²) in [6.45, 7) is 7.51. The van der Waals surface area contributed by atoms with Crippen molar-refractivity contribution >= 4 is 11.9 Å². The number of amides is 1. The highest BCUT2D eigenvalue weighted by molar-refractivity contribution is 5.81. The van der Waals surface area contributed by atoms with E-state index in [0.29, 0.717) is 18.9 Å². The van der Waals surface area contributed by atoms with Crippen LogP contribution in [0, 0.1) is 5.92 Å². The van der Waals surface area contributed by atoms with Gasteiger partial charge < -0.3 is 25.4 Å². The predicted octanol–water partition coefficient (Wildman–Crippen LogP) is 0.263. The first-order valence-corrected chi connectivity index (χ1v) is 8.75. The third kappa shape index (κ3) is 7.18. The molecule has 2 atom stereocenters. The van der Waals surface area contributed by atoms with E-state index in [9.17, 15) is 4.79 Å². The molecule has 132 valence electrons.